The molecule has 0 bridgehead atoms. The summed E-state index contributed by atoms with van der Waals surface area (Å²) in [5, 5.41) is 5.39. The molecule has 3 rings (SSSR count). The molecule has 0 saturated heterocycles. The summed E-state index contributed by atoms with van der Waals surface area (Å²) in [4.78, 5) is 0. The number of nitrogens with zero attached hydrogens (tertiary/aromatic N) is 2. The molecule has 0 aliphatic carbocycles. The Morgan fingerprint density at radius 1 is 1.06 bits per heavy atom. The number of rotatable bonds is 1. The van der Waals surface area contributed by atoms with Crippen LogP contribution in [0.15, 0.2) is 42.6 Å². The summed E-state index contributed by atoms with van der Waals surface area (Å²) in [6.45, 7) is 1.77. The van der Waals surface area contributed by atoms with E-state index in [9.17, 15) is 4.39 Å². The summed E-state index contributed by atoms with van der Waals surface area (Å²) in [5.41, 5.74) is 3.52. The summed E-state index contributed by atoms with van der Waals surface area (Å²) >= 11 is 0. The van der Waals surface area contributed by atoms with Gasteiger partial charge in [0.05, 0.1) is 5.52 Å². The summed E-state index contributed by atoms with van der Waals surface area (Å²) < 4.78 is 15.3. The van der Waals surface area contributed by atoms with Gasteiger partial charge >= 0.3 is 0 Å². The first kappa shape index (κ1) is 11.0. The van der Waals surface area contributed by atoms with E-state index in [-0.39, 0.29) is 5.82 Å². The van der Waals surface area contributed by atoms with E-state index in [1.165, 1.54) is 0 Å². The lowest BCUT2D eigenvalue weighted by Crippen LogP contribution is -1.85. The second-order valence-electron chi connectivity index (χ2n) is 4.54. The first-order valence-corrected chi connectivity index (χ1v) is 5.83. The molecule has 0 unspecified atom stereocenters. The lowest BCUT2D eigenvalue weighted by Gasteiger charge is -2.03. The van der Waals surface area contributed by atoms with E-state index in [1.807, 2.05) is 37.5 Å². The van der Waals surface area contributed by atoms with Crippen molar-refractivity contribution in [1.82, 2.24) is 9.78 Å². The third-order valence-electron chi connectivity index (χ3n) is 3.12. The quantitative estimate of drug-likeness (QED) is 0.634. The molecule has 3 heteroatoms. The number of aryl methyl sites for hydroxylation is 2. The van der Waals surface area contributed by atoms with Crippen molar-refractivity contribution in [1.29, 1.82) is 0 Å². The molecule has 0 aliphatic rings. The van der Waals surface area contributed by atoms with Crippen molar-refractivity contribution in [3.05, 3.63) is 54.0 Å². The standard InChI is InChI=1S/C15H13FN2/c1-10-3-4-12(8-14(10)16)11-5-6-15-13(7-11)9-18(2)17-15/h3-9H,1-2H3. The molecule has 0 amide bonds. The van der Waals surface area contributed by atoms with Crippen LogP contribution in [0.2, 0.25) is 0 Å². The van der Waals surface area contributed by atoms with E-state index >= 15 is 0 Å². The summed E-state index contributed by atoms with van der Waals surface area (Å²) in [6.07, 6.45) is 1.96. The maximum Gasteiger partial charge on any atom is 0.126 e. The van der Waals surface area contributed by atoms with E-state index in [0.717, 1.165) is 22.0 Å². The Labute approximate surface area is 105 Å². The zero-order valence-corrected chi connectivity index (χ0v) is 10.3. The molecule has 1 aromatic heterocycles. The predicted molar refractivity (Wildman–Crippen MR) is 70.8 cm³/mol. The lowest BCUT2D eigenvalue weighted by atomic mass is 10.0. The lowest BCUT2D eigenvalue weighted by molar-refractivity contribution is 0.619. The van der Waals surface area contributed by atoms with Crippen LogP contribution in [0.5, 0.6) is 0 Å². The van der Waals surface area contributed by atoms with E-state index < -0.39 is 0 Å². The molecule has 2 aromatic carbocycles. The number of fused-ring (bicyclic) bond motifs is 1. The zero-order valence-electron chi connectivity index (χ0n) is 10.3. The molecule has 0 atom stereocenters. The van der Waals surface area contributed by atoms with Gasteiger partial charge in [-0.15, -0.1) is 0 Å². The third-order valence-corrected chi connectivity index (χ3v) is 3.12. The van der Waals surface area contributed by atoms with Crippen LogP contribution in [0.1, 0.15) is 5.56 Å². The van der Waals surface area contributed by atoms with Gasteiger partial charge in [-0.2, -0.15) is 5.10 Å². The normalized spacial score (nSPS) is 11.1. The molecule has 1 heterocycles. The van der Waals surface area contributed by atoms with Crippen LogP contribution in [0, 0.1) is 12.7 Å². The van der Waals surface area contributed by atoms with Crippen LogP contribution in [0.4, 0.5) is 4.39 Å². The van der Waals surface area contributed by atoms with Crippen LogP contribution in [-0.4, -0.2) is 9.78 Å². The topological polar surface area (TPSA) is 17.8 Å². The van der Waals surface area contributed by atoms with E-state index in [0.29, 0.717) is 5.56 Å². The molecule has 0 N–H and O–H groups in total. The molecular weight excluding hydrogens is 227 g/mol. The van der Waals surface area contributed by atoms with E-state index in [4.69, 9.17) is 0 Å². The molecule has 18 heavy (non-hydrogen) atoms. The Bertz CT molecular complexity index is 728. The Morgan fingerprint density at radius 2 is 1.78 bits per heavy atom. The molecule has 0 saturated carbocycles. The fourth-order valence-electron chi connectivity index (χ4n) is 2.10. The van der Waals surface area contributed by atoms with Crippen molar-refractivity contribution in [3.8, 4) is 11.1 Å². The summed E-state index contributed by atoms with van der Waals surface area (Å²) in [6, 6.07) is 11.3. The minimum atomic E-state index is -0.168. The van der Waals surface area contributed by atoms with Crippen LogP contribution < -0.4 is 0 Å². The maximum absolute atomic E-state index is 13.6. The van der Waals surface area contributed by atoms with Gasteiger partial charge in [-0.25, -0.2) is 4.39 Å². The van der Waals surface area contributed by atoms with Crippen LogP contribution in [-0.2, 0) is 7.05 Å². The molecule has 2 nitrogen and oxygen atoms in total. The van der Waals surface area contributed by atoms with Gasteiger partial charge in [0.25, 0.3) is 0 Å². The Hall–Kier alpha value is -2.16. The van der Waals surface area contributed by atoms with Crippen molar-refractivity contribution >= 4 is 10.9 Å². The molecule has 0 radical (unpaired) electrons. The minimum Gasteiger partial charge on any atom is -0.275 e. The monoisotopic (exact) mass is 240 g/mol. The SMILES string of the molecule is Cc1ccc(-c2ccc3nn(C)cc3c2)cc1F. The highest BCUT2D eigenvalue weighted by Crippen LogP contribution is 2.25. The molecule has 0 aliphatic heterocycles. The molecular formula is C15H13FN2. The largest absolute Gasteiger partial charge is 0.275 e. The van der Waals surface area contributed by atoms with Gasteiger partial charge in [0.15, 0.2) is 0 Å². The number of aromatic nitrogens is 2. The van der Waals surface area contributed by atoms with Gasteiger partial charge in [-0.1, -0.05) is 18.2 Å². The van der Waals surface area contributed by atoms with Gasteiger partial charge in [0.1, 0.15) is 5.82 Å². The summed E-state index contributed by atoms with van der Waals surface area (Å²) in [5.74, 6) is -0.168. The Morgan fingerprint density at radius 3 is 2.56 bits per heavy atom. The molecule has 90 valence electrons. The highest BCUT2D eigenvalue weighted by Gasteiger charge is 2.04. The van der Waals surface area contributed by atoms with Crippen molar-refractivity contribution in [2.75, 3.05) is 0 Å². The second-order valence-corrected chi connectivity index (χ2v) is 4.54. The van der Waals surface area contributed by atoms with Gasteiger partial charge in [0.2, 0.25) is 0 Å². The number of hydrogen-bond donors (Lipinski definition) is 0. The Balaban J connectivity index is 2.15. The van der Waals surface area contributed by atoms with Gasteiger partial charge in [-0.05, 0) is 41.8 Å². The van der Waals surface area contributed by atoms with Crippen LogP contribution in [0.25, 0.3) is 22.0 Å². The highest BCUT2D eigenvalue weighted by atomic mass is 19.1. The van der Waals surface area contributed by atoms with E-state index in [2.05, 4.69) is 5.10 Å². The predicted octanol–water partition coefficient (Wildman–Crippen LogP) is 3.69. The first-order chi connectivity index (χ1) is 8.63. The van der Waals surface area contributed by atoms with Crippen molar-refractivity contribution in [3.63, 3.8) is 0 Å². The van der Waals surface area contributed by atoms with Crippen LogP contribution >= 0.6 is 0 Å². The van der Waals surface area contributed by atoms with Crippen molar-refractivity contribution in [2.24, 2.45) is 7.05 Å². The molecule has 0 spiro atoms. The number of halogens is 1. The van der Waals surface area contributed by atoms with Gasteiger partial charge < -0.3 is 0 Å². The van der Waals surface area contributed by atoms with Crippen molar-refractivity contribution < 1.29 is 4.39 Å². The maximum atomic E-state index is 13.6. The number of benzene rings is 2. The fraction of sp³-hybridized carbons (Fsp3) is 0.133. The Kier molecular flexibility index (Phi) is 2.40. The number of hydrogen-bond acceptors (Lipinski definition) is 1. The van der Waals surface area contributed by atoms with Crippen molar-refractivity contribution in [2.45, 2.75) is 6.92 Å². The average molecular weight is 240 g/mol. The summed E-state index contributed by atoms with van der Waals surface area (Å²) in [7, 11) is 1.89. The molecule has 0 fully saturated rings. The first-order valence-electron chi connectivity index (χ1n) is 5.83. The van der Waals surface area contributed by atoms with Gasteiger partial charge in [-0.3, -0.25) is 4.68 Å². The van der Waals surface area contributed by atoms with E-state index in [1.54, 1.807) is 23.7 Å². The minimum absolute atomic E-state index is 0.168. The zero-order chi connectivity index (χ0) is 12.7. The highest BCUT2D eigenvalue weighted by molar-refractivity contribution is 5.84. The van der Waals surface area contributed by atoms with Gasteiger partial charge in [0, 0.05) is 18.6 Å². The smallest absolute Gasteiger partial charge is 0.126 e. The second kappa shape index (κ2) is 3.95. The average Bonchev–Trinajstić information content (AvgIpc) is 2.71. The van der Waals surface area contributed by atoms with Crippen LogP contribution in [0.3, 0.4) is 0 Å². The molecule has 3 aromatic rings. The third kappa shape index (κ3) is 1.78. The fourth-order valence-corrected chi connectivity index (χ4v) is 2.10.